The molecule has 0 aliphatic heterocycles. The third kappa shape index (κ3) is 6.71. The van der Waals surface area contributed by atoms with Crippen LogP contribution in [0.1, 0.15) is 49.4 Å². The molecule has 1 aliphatic carbocycles. The van der Waals surface area contributed by atoms with Gasteiger partial charge in [0.25, 0.3) is 15.9 Å². The average molecular weight is 460 g/mol. The molecule has 1 fully saturated rings. The molecule has 1 aliphatic rings. The van der Waals surface area contributed by atoms with Crippen molar-refractivity contribution in [3.63, 3.8) is 0 Å². The number of amides is 2. The zero-order valence-electron chi connectivity index (χ0n) is 18.1. The quantitative estimate of drug-likeness (QED) is 0.533. The Hall–Kier alpha value is -3.07. The first-order valence-corrected chi connectivity index (χ1v) is 12.3. The monoisotopic (exact) mass is 459 g/mol. The Morgan fingerprint density at radius 1 is 0.969 bits per heavy atom. The fraction of sp³-hybridized carbons (Fsp3) is 0.391. The Morgan fingerprint density at radius 2 is 1.62 bits per heavy atom. The summed E-state index contributed by atoms with van der Waals surface area (Å²) in [6.45, 7) is 2.28. The fourth-order valence-electron chi connectivity index (χ4n) is 3.57. The van der Waals surface area contributed by atoms with Gasteiger partial charge < -0.3 is 15.4 Å². The molecule has 9 heteroatoms. The summed E-state index contributed by atoms with van der Waals surface area (Å²) in [6.07, 6.45) is 5.37. The molecule has 2 aromatic rings. The summed E-state index contributed by atoms with van der Waals surface area (Å²) >= 11 is 0. The van der Waals surface area contributed by atoms with Gasteiger partial charge in [-0.05, 0) is 68.3 Å². The first-order chi connectivity index (χ1) is 15.4. The smallest absolute Gasteiger partial charge is 0.261 e. The van der Waals surface area contributed by atoms with Crippen LogP contribution < -0.4 is 20.1 Å². The summed E-state index contributed by atoms with van der Waals surface area (Å²) in [5.74, 6) is -0.00514. The molecule has 1 saturated carbocycles. The number of ether oxygens (including phenoxy) is 1. The molecule has 2 amide bonds. The normalized spacial score (nSPS) is 14.4. The number of carbonyl (C=O) groups is 2. The maximum atomic E-state index is 12.6. The molecule has 0 aromatic heterocycles. The zero-order chi connectivity index (χ0) is 23.0. The standard InChI is InChI=1S/C23H29N3O5S/c1-2-31-20-12-10-19(11-13-20)26-32(29,30)21-14-8-17(9-15-21)23(28)24-16-22(27)25-18-6-4-3-5-7-18/h8-15,18,26H,2-7,16H2,1H3,(H,24,28)(H,25,27). The van der Waals surface area contributed by atoms with Crippen LogP contribution in [0.3, 0.4) is 0 Å². The predicted molar refractivity (Wildman–Crippen MR) is 122 cm³/mol. The predicted octanol–water partition coefficient (Wildman–Crippen LogP) is 3.06. The first kappa shape index (κ1) is 23.6. The number of carbonyl (C=O) groups excluding carboxylic acids is 2. The van der Waals surface area contributed by atoms with Crippen molar-refractivity contribution < 1.29 is 22.7 Å². The van der Waals surface area contributed by atoms with Crippen molar-refractivity contribution in [2.45, 2.75) is 50.0 Å². The minimum absolute atomic E-state index is 0.0259. The third-order valence-corrected chi connectivity index (χ3v) is 6.62. The van der Waals surface area contributed by atoms with Gasteiger partial charge in [-0.15, -0.1) is 0 Å². The number of anilines is 1. The topological polar surface area (TPSA) is 114 Å². The highest BCUT2D eigenvalue weighted by Gasteiger charge is 2.18. The van der Waals surface area contributed by atoms with Crippen molar-refractivity contribution in [1.82, 2.24) is 10.6 Å². The minimum Gasteiger partial charge on any atom is -0.494 e. The maximum absolute atomic E-state index is 12.6. The number of sulfonamides is 1. The second kappa shape index (κ2) is 11.0. The van der Waals surface area contributed by atoms with Gasteiger partial charge in [0.05, 0.1) is 18.0 Å². The van der Waals surface area contributed by atoms with Crippen LogP contribution in [0, 0.1) is 0 Å². The molecule has 0 spiro atoms. The molecular formula is C23H29N3O5S. The van der Waals surface area contributed by atoms with Crippen LogP contribution in [0.25, 0.3) is 0 Å². The summed E-state index contributed by atoms with van der Waals surface area (Å²) in [5.41, 5.74) is 0.676. The molecule has 3 N–H and O–H groups in total. The van der Waals surface area contributed by atoms with Gasteiger partial charge in [-0.1, -0.05) is 19.3 Å². The lowest BCUT2D eigenvalue weighted by molar-refractivity contribution is -0.121. The van der Waals surface area contributed by atoms with Crippen LogP contribution in [0.5, 0.6) is 5.75 Å². The number of hydrogen-bond acceptors (Lipinski definition) is 5. The summed E-state index contributed by atoms with van der Waals surface area (Å²) in [7, 11) is -3.81. The maximum Gasteiger partial charge on any atom is 0.261 e. The lowest BCUT2D eigenvalue weighted by atomic mass is 9.95. The van der Waals surface area contributed by atoms with E-state index in [1.54, 1.807) is 24.3 Å². The summed E-state index contributed by atoms with van der Waals surface area (Å²) in [6, 6.07) is 12.3. The summed E-state index contributed by atoms with van der Waals surface area (Å²) < 4.78 is 33.0. The van der Waals surface area contributed by atoms with Gasteiger partial charge >= 0.3 is 0 Å². The molecule has 2 aromatic carbocycles. The number of hydrogen-bond donors (Lipinski definition) is 3. The van der Waals surface area contributed by atoms with Gasteiger partial charge in [-0.2, -0.15) is 0 Å². The van der Waals surface area contributed by atoms with Crippen LogP contribution in [0.15, 0.2) is 53.4 Å². The van der Waals surface area contributed by atoms with Crippen LogP contribution in [0.2, 0.25) is 0 Å². The highest BCUT2D eigenvalue weighted by atomic mass is 32.2. The number of nitrogens with one attached hydrogen (secondary N) is 3. The molecule has 32 heavy (non-hydrogen) atoms. The molecule has 0 saturated heterocycles. The van der Waals surface area contributed by atoms with Crippen LogP contribution in [-0.2, 0) is 14.8 Å². The van der Waals surface area contributed by atoms with Crippen LogP contribution >= 0.6 is 0 Å². The van der Waals surface area contributed by atoms with Gasteiger partial charge in [0, 0.05) is 17.3 Å². The van der Waals surface area contributed by atoms with E-state index in [0.717, 1.165) is 25.7 Å². The number of benzene rings is 2. The van der Waals surface area contributed by atoms with E-state index >= 15 is 0 Å². The Labute approximate surface area is 188 Å². The lowest BCUT2D eigenvalue weighted by Gasteiger charge is -2.22. The molecule has 0 bridgehead atoms. The van der Waals surface area contributed by atoms with E-state index < -0.39 is 15.9 Å². The van der Waals surface area contributed by atoms with Gasteiger partial charge in [-0.25, -0.2) is 8.42 Å². The van der Waals surface area contributed by atoms with E-state index in [-0.39, 0.29) is 29.0 Å². The second-order valence-electron chi connectivity index (χ2n) is 7.67. The van der Waals surface area contributed by atoms with Gasteiger partial charge in [0.2, 0.25) is 5.91 Å². The number of rotatable bonds is 9. The van der Waals surface area contributed by atoms with Crippen molar-refractivity contribution in [2.75, 3.05) is 17.9 Å². The average Bonchev–Trinajstić information content (AvgIpc) is 2.79. The van der Waals surface area contributed by atoms with Gasteiger partial charge in [0.15, 0.2) is 0 Å². The van der Waals surface area contributed by atoms with Crippen molar-refractivity contribution >= 4 is 27.5 Å². The third-order valence-electron chi connectivity index (χ3n) is 5.22. The highest BCUT2D eigenvalue weighted by Crippen LogP contribution is 2.20. The summed E-state index contributed by atoms with van der Waals surface area (Å²) in [4.78, 5) is 24.4. The Morgan fingerprint density at radius 3 is 2.25 bits per heavy atom. The molecule has 0 radical (unpaired) electrons. The van der Waals surface area contributed by atoms with E-state index in [2.05, 4.69) is 15.4 Å². The highest BCUT2D eigenvalue weighted by molar-refractivity contribution is 7.92. The van der Waals surface area contributed by atoms with Crippen molar-refractivity contribution in [1.29, 1.82) is 0 Å². The SMILES string of the molecule is CCOc1ccc(NS(=O)(=O)c2ccc(C(=O)NCC(=O)NC3CCCCC3)cc2)cc1. The first-order valence-electron chi connectivity index (χ1n) is 10.8. The van der Waals surface area contributed by atoms with E-state index in [1.165, 1.54) is 30.7 Å². The molecule has 8 nitrogen and oxygen atoms in total. The van der Waals surface area contributed by atoms with Crippen LogP contribution in [0.4, 0.5) is 5.69 Å². The van der Waals surface area contributed by atoms with Gasteiger partial charge in [0.1, 0.15) is 5.75 Å². The van der Waals surface area contributed by atoms with Crippen molar-refractivity contribution in [3.05, 3.63) is 54.1 Å². The summed E-state index contributed by atoms with van der Waals surface area (Å²) in [5, 5.41) is 5.51. The Balaban J connectivity index is 1.53. The lowest BCUT2D eigenvalue weighted by Crippen LogP contribution is -2.42. The van der Waals surface area contributed by atoms with Crippen molar-refractivity contribution in [3.8, 4) is 5.75 Å². The zero-order valence-corrected chi connectivity index (χ0v) is 18.9. The molecule has 172 valence electrons. The molecule has 0 heterocycles. The molecular weight excluding hydrogens is 430 g/mol. The molecule has 0 atom stereocenters. The molecule has 3 rings (SSSR count). The Bertz CT molecular complexity index is 1010. The van der Waals surface area contributed by atoms with E-state index in [9.17, 15) is 18.0 Å². The largest absolute Gasteiger partial charge is 0.494 e. The minimum atomic E-state index is -3.81. The Kier molecular flexibility index (Phi) is 8.10. The van der Waals surface area contributed by atoms with E-state index in [4.69, 9.17) is 4.74 Å². The van der Waals surface area contributed by atoms with Crippen molar-refractivity contribution in [2.24, 2.45) is 0 Å². The fourth-order valence-corrected chi connectivity index (χ4v) is 4.63. The molecule has 0 unspecified atom stereocenters. The van der Waals surface area contributed by atoms with Gasteiger partial charge in [-0.3, -0.25) is 14.3 Å². The van der Waals surface area contributed by atoms with E-state index in [1.807, 2.05) is 6.92 Å². The van der Waals surface area contributed by atoms with Crippen LogP contribution in [-0.4, -0.2) is 39.4 Å². The second-order valence-corrected chi connectivity index (χ2v) is 9.35. The van der Waals surface area contributed by atoms with E-state index in [0.29, 0.717) is 18.0 Å².